The average Bonchev–Trinajstić information content (AvgIpc) is 2.24. The zero-order chi connectivity index (χ0) is 12.0. The molecular weight excluding hydrogens is 202 g/mol. The van der Waals surface area contributed by atoms with Gasteiger partial charge < -0.3 is 10.1 Å². The highest BCUT2D eigenvalue weighted by molar-refractivity contribution is 5.71. The summed E-state index contributed by atoms with van der Waals surface area (Å²) in [7, 11) is 0. The van der Waals surface area contributed by atoms with E-state index in [2.05, 4.69) is 37.4 Å². The second kappa shape index (κ2) is 6.28. The highest BCUT2D eigenvalue weighted by Crippen LogP contribution is 2.09. The van der Waals surface area contributed by atoms with Crippen molar-refractivity contribution in [1.29, 1.82) is 0 Å². The van der Waals surface area contributed by atoms with Gasteiger partial charge in [-0.2, -0.15) is 0 Å². The molecule has 0 saturated heterocycles. The van der Waals surface area contributed by atoms with Gasteiger partial charge in [-0.3, -0.25) is 4.79 Å². The van der Waals surface area contributed by atoms with Gasteiger partial charge in [0, 0.05) is 6.54 Å². The fourth-order valence-corrected chi connectivity index (χ4v) is 1.43. The van der Waals surface area contributed by atoms with Crippen molar-refractivity contribution in [2.45, 2.75) is 27.3 Å². The van der Waals surface area contributed by atoms with Crippen molar-refractivity contribution < 1.29 is 9.53 Å². The van der Waals surface area contributed by atoms with Crippen LogP contribution in [0, 0.1) is 13.8 Å². The largest absolute Gasteiger partial charge is 0.465 e. The van der Waals surface area contributed by atoms with E-state index in [-0.39, 0.29) is 12.5 Å². The Balaban J connectivity index is 2.37. The molecule has 1 rings (SSSR count). The minimum absolute atomic E-state index is 0.202. The van der Waals surface area contributed by atoms with E-state index in [1.165, 1.54) is 16.7 Å². The standard InChI is InChI=1S/C13H19NO2/c1-4-16-13(15)9-14-8-12-6-5-10(2)11(3)7-12/h5-7,14H,4,8-9H2,1-3H3. The second-order valence-electron chi connectivity index (χ2n) is 3.83. The zero-order valence-electron chi connectivity index (χ0n) is 10.2. The minimum atomic E-state index is -0.202. The number of aryl methyl sites for hydroxylation is 2. The van der Waals surface area contributed by atoms with Crippen LogP contribution in [-0.4, -0.2) is 19.1 Å². The fraction of sp³-hybridized carbons (Fsp3) is 0.462. The molecule has 3 heteroatoms. The molecular formula is C13H19NO2. The third-order valence-corrected chi connectivity index (χ3v) is 2.48. The van der Waals surface area contributed by atoms with Crippen LogP contribution in [-0.2, 0) is 16.1 Å². The Morgan fingerprint density at radius 3 is 2.69 bits per heavy atom. The summed E-state index contributed by atoms with van der Waals surface area (Å²) in [5.41, 5.74) is 3.75. The number of rotatable bonds is 5. The van der Waals surface area contributed by atoms with Gasteiger partial charge in [-0.25, -0.2) is 0 Å². The fourth-order valence-electron chi connectivity index (χ4n) is 1.43. The van der Waals surface area contributed by atoms with Crippen LogP contribution in [0.25, 0.3) is 0 Å². The van der Waals surface area contributed by atoms with E-state index in [9.17, 15) is 4.79 Å². The number of benzene rings is 1. The molecule has 0 aliphatic heterocycles. The van der Waals surface area contributed by atoms with Crippen LogP contribution in [0.1, 0.15) is 23.6 Å². The number of carbonyl (C=O) groups excluding carboxylic acids is 1. The summed E-state index contributed by atoms with van der Waals surface area (Å²) in [4.78, 5) is 11.1. The molecule has 3 nitrogen and oxygen atoms in total. The Morgan fingerprint density at radius 1 is 1.31 bits per heavy atom. The van der Waals surface area contributed by atoms with Crippen LogP contribution in [0.3, 0.4) is 0 Å². The molecule has 1 aromatic rings. The van der Waals surface area contributed by atoms with E-state index in [0.717, 1.165) is 0 Å². The first kappa shape index (κ1) is 12.7. The van der Waals surface area contributed by atoms with Gasteiger partial charge in [0.1, 0.15) is 0 Å². The summed E-state index contributed by atoms with van der Waals surface area (Å²) in [6.07, 6.45) is 0. The maximum atomic E-state index is 11.1. The smallest absolute Gasteiger partial charge is 0.319 e. The molecule has 88 valence electrons. The molecule has 0 heterocycles. The summed E-state index contributed by atoms with van der Waals surface area (Å²) >= 11 is 0. The van der Waals surface area contributed by atoms with Crippen molar-refractivity contribution in [3.8, 4) is 0 Å². The van der Waals surface area contributed by atoms with E-state index in [0.29, 0.717) is 13.2 Å². The Labute approximate surface area is 96.8 Å². The molecule has 0 fully saturated rings. The molecule has 0 radical (unpaired) electrons. The van der Waals surface area contributed by atoms with Gasteiger partial charge >= 0.3 is 5.97 Å². The van der Waals surface area contributed by atoms with E-state index < -0.39 is 0 Å². The van der Waals surface area contributed by atoms with Crippen molar-refractivity contribution >= 4 is 5.97 Å². The quantitative estimate of drug-likeness (QED) is 0.772. The first-order chi connectivity index (χ1) is 7.63. The first-order valence-corrected chi connectivity index (χ1v) is 5.56. The molecule has 0 atom stereocenters. The topological polar surface area (TPSA) is 38.3 Å². The molecule has 1 aromatic carbocycles. The number of ether oxygens (including phenoxy) is 1. The first-order valence-electron chi connectivity index (χ1n) is 5.56. The minimum Gasteiger partial charge on any atom is -0.465 e. The number of hydrogen-bond donors (Lipinski definition) is 1. The number of esters is 1. The second-order valence-corrected chi connectivity index (χ2v) is 3.83. The monoisotopic (exact) mass is 221 g/mol. The predicted molar refractivity (Wildman–Crippen MR) is 64.3 cm³/mol. The lowest BCUT2D eigenvalue weighted by molar-refractivity contribution is -0.142. The summed E-state index contributed by atoms with van der Waals surface area (Å²) < 4.78 is 4.82. The molecule has 16 heavy (non-hydrogen) atoms. The molecule has 1 N–H and O–H groups in total. The molecule has 0 amide bonds. The van der Waals surface area contributed by atoms with Crippen LogP contribution < -0.4 is 5.32 Å². The van der Waals surface area contributed by atoms with Crippen LogP contribution >= 0.6 is 0 Å². The van der Waals surface area contributed by atoms with Crippen molar-refractivity contribution in [2.24, 2.45) is 0 Å². The predicted octanol–water partition coefficient (Wildman–Crippen LogP) is 1.96. The van der Waals surface area contributed by atoms with Crippen molar-refractivity contribution in [3.05, 3.63) is 34.9 Å². The van der Waals surface area contributed by atoms with Gasteiger partial charge in [-0.15, -0.1) is 0 Å². The summed E-state index contributed by atoms with van der Waals surface area (Å²) in [5.74, 6) is -0.202. The molecule has 0 aliphatic carbocycles. The lowest BCUT2D eigenvalue weighted by Crippen LogP contribution is -2.24. The zero-order valence-corrected chi connectivity index (χ0v) is 10.2. The maximum absolute atomic E-state index is 11.1. The molecule has 0 spiro atoms. The van der Waals surface area contributed by atoms with E-state index >= 15 is 0 Å². The van der Waals surface area contributed by atoms with Crippen LogP contribution in [0.4, 0.5) is 0 Å². The van der Waals surface area contributed by atoms with Crippen molar-refractivity contribution in [2.75, 3.05) is 13.2 Å². The van der Waals surface area contributed by atoms with Gasteiger partial charge in [-0.05, 0) is 37.5 Å². The third-order valence-electron chi connectivity index (χ3n) is 2.48. The number of nitrogens with one attached hydrogen (secondary N) is 1. The van der Waals surface area contributed by atoms with Crippen molar-refractivity contribution in [1.82, 2.24) is 5.32 Å². The summed E-state index contributed by atoms with van der Waals surface area (Å²) in [5, 5.41) is 3.06. The van der Waals surface area contributed by atoms with E-state index in [1.807, 2.05) is 0 Å². The van der Waals surface area contributed by atoms with Gasteiger partial charge in [-0.1, -0.05) is 18.2 Å². The molecule has 0 aliphatic rings. The average molecular weight is 221 g/mol. The SMILES string of the molecule is CCOC(=O)CNCc1ccc(C)c(C)c1. The van der Waals surface area contributed by atoms with Crippen LogP contribution in [0.15, 0.2) is 18.2 Å². The summed E-state index contributed by atoms with van der Waals surface area (Å²) in [6.45, 7) is 7.38. The number of hydrogen-bond acceptors (Lipinski definition) is 3. The van der Waals surface area contributed by atoms with Gasteiger partial charge in [0.05, 0.1) is 13.2 Å². The lowest BCUT2D eigenvalue weighted by Gasteiger charge is -2.07. The van der Waals surface area contributed by atoms with E-state index in [4.69, 9.17) is 4.74 Å². The summed E-state index contributed by atoms with van der Waals surface area (Å²) in [6, 6.07) is 6.30. The van der Waals surface area contributed by atoms with Gasteiger partial charge in [0.25, 0.3) is 0 Å². The van der Waals surface area contributed by atoms with Gasteiger partial charge in [0.15, 0.2) is 0 Å². The number of carbonyl (C=O) groups is 1. The molecule has 0 bridgehead atoms. The Kier molecular flexibility index (Phi) is 4.99. The molecule has 0 aromatic heterocycles. The van der Waals surface area contributed by atoms with E-state index in [1.54, 1.807) is 6.92 Å². The highest BCUT2D eigenvalue weighted by atomic mass is 16.5. The van der Waals surface area contributed by atoms with Crippen molar-refractivity contribution in [3.63, 3.8) is 0 Å². The maximum Gasteiger partial charge on any atom is 0.319 e. The van der Waals surface area contributed by atoms with Crippen LogP contribution in [0.2, 0.25) is 0 Å². The lowest BCUT2D eigenvalue weighted by atomic mass is 10.1. The molecule has 0 unspecified atom stereocenters. The normalized spacial score (nSPS) is 10.2. The Bertz CT molecular complexity index is 361. The van der Waals surface area contributed by atoms with Crippen LogP contribution in [0.5, 0.6) is 0 Å². The Hall–Kier alpha value is -1.35. The highest BCUT2D eigenvalue weighted by Gasteiger charge is 2.01. The Morgan fingerprint density at radius 2 is 2.06 bits per heavy atom. The molecule has 0 saturated carbocycles. The third kappa shape index (κ3) is 4.03. The van der Waals surface area contributed by atoms with Gasteiger partial charge in [0.2, 0.25) is 0 Å².